The highest BCUT2D eigenvalue weighted by Crippen LogP contribution is 2.23. The lowest BCUT2D eigenvalue weighted by Crippen LogP contribution is -1.99. The first-order valence-electron chi connectivity index (χ1n) is 6.38. The minimum atomic E-state index is -1.01. The van der Waals surface area contributed by atoms with Gasteiger partial charge in [-0.25, -0.2) is 14.8 Å². The monoisotopic (exact) mass is 299 g/mol. The summed E-state index contributed by atoms with van der Waals surface area (Å²) in [6.07, 6.45) is 5.54. The van der Waals surface area contributed by atoms with Gasteiger partial charge in [-0.3, -0.25) is 0 Å². The number of thioether (sulfide) groups is 1. The summed E-state index contributed by atoms with van der Waals surface area (Å²) in [5.41, 5.74) is 3.11. The van der Waals surface area contributed by atoms with Crippen LogP contribution in [0.4, 0.5) is 0 Å². The number of carboxylic acids is 1. The van der Waals surface area contributed by atoms with E-state index in [1.807, 2.05) is 35.9 Å². The Morgan fingerprint density at radius 2 is 2.19 bits per heavy atom. The van der Waals surface area contributed by atoms with Crippen molar-refractivity contribution >= 4 is 23.4 Å². The van der Waals surface area contributed by atoms with Crippen molar-refractivity contribution in [3.8, 4) is 0 Å². The summed E-state index contributed by atoms with van der Waals surface area (Å²) in [6.45, 7) is 2.04. The van der Waals surface area contributed by atoms with Crippen molar-refractivity contribution in [3.05, 3.63) is 59.8 Å². The molecule has 0 bridgehead atoms. The molecule has 1 N–H and O–H groups in total. The van der Waals surface area contributed by atoms with E-state index in [0.29, 0.717) is 5.75 Å². The van der Waals surface area contributed by atoms with Gasteiger partial charge in [0.1, 0.15) is 11.3 Å². The highest BCUT2D eigenvalue weighted by Gasteiger charge is 2.07. The Morgan fingerprint density at radius 1 is 1.33 bits per heavy atom. The largest absolute Gasteiger partial charge is 0.477 e. The molecular formula is C15H13N3O2S. The van der Waals surface area contributed by atoms with Gasteiger partial charge in [0.25, 0.3) is 0 Å². The second kappa shape index (κ2) is 5.57. The second-order valence-corrected chi connectivity index (χ2v) is 5.72. The predicted molar refractivity (Wildman–Crippen MR) is 80.7 cm³/mol. The van der Waals surface area contributed by atoms with Crippen LogP contribution in [0.3, 0.4) is 0 Å². The van der Waals surface area contributed by atoms with E-state index in [9.17, 15) is 4.79 Å². The van der Waals surface area contributed by atoms with Crippen molar-refractivity contribution in [3.63, 3.8) is 0 Å². The minimum absolute atomic E-state index is 0.0608. The first-order chi connectivity index (χ1) is 10.1. The number of aryl methyl sites for hydroxylation is 1. The number of hydrogen-bond acceptors (Lipinski definition) is 4. The quantitative estimate of drug-likeness (QED) is 0.750. The minimum Gasteiger partial charge on any atom is -0.477 e. The van der Waals surface area contributed by atoms with Crippen molar-refractivity contribution in [1.29, 1.82) is 0 Å². The summed E-state index contributed by atoms with van der Waals surface area (Å²) in [5.74, 6) is -0.329. The molecule has 5 nitrogen and oxygen atoms in total. The summed E-state index contributed by atoms with van der Waals surface area (Å²) in [5, 5.41) is 8.93. The van der Waals surface area contributed by atoms with Gasteiger partial charge in [0.2, 0.25) is 0 Å². The number of pyridine rings is 2. The van der Waals surface area contributed by atoms with Gasteiger partial charge < -0.3 is 9.51 Å². The Bertz CT molecular complexity index is 814. The van der Waals surface area contributed by atoms with Crippen LogP contribution in [0.2, 0.25) is 0 Å². The number of fused-ring (bicyclic) bond motifs is 1. The normalized spacial score (nSPS) is 10.9. The van der Waals surface area contributed by atoms with Crippen molar-refractivity contribution in [2.45, 2.75) is 17.6 Å². The summed E-state index contributed by atoms with van der Waals surface area (Å²) < 4.78 is 2.00. The molecule has 0 fully saturated rings. The molecule has 0 aromatic carbocycles. The number of carboxylic acid groups (broad SMARTS) is 1. The fraction of sp³-hybridized carbons (Fsp3) is 0.133. The maximum atomic E-state index is 10.9. The lowest BCUT2D eigenvalue weighted by Gasteiger charge is -2.00. The highest BCUT2D eigenvalue weighted by atomic mass is 32.2. The summed E-state index contributed by atoms with van der Waals surface area (Å²) in [7, 11) is 0. The molecule has 0 aliphatic carbocycles. The predicted octanol–water partition coefficient (Wildman–Crippen LogP) is 3.03. The first kappa shape index (κ1) is 13.6. The van der Waals surface area contributed by atoms with Gasteiger partial charge in [0, 0.05) is 29.2 Å². The lowest BCUT2D eigenvalue weighted by atomic mass is 10.3. The van der Waals surface area contributed by atoms with Crippen molar-refractivity contribution in [1.82, 2.24) is 14.4 Å². The lowest BCUT2D eigenvalue weighted by molar-refractivity contribution is 0.0690. The van der Waals surface area contributed by atoms with Crippen LogP contribution in [0.25, 0.3) is 5.65 Å². The molecule has 0 atom stereocenters. The van der Waals surface area contributed by atoms with Gasteiger partial charge >= 0.3 is 5.97 Å². The van der Waals surface area contributed by atoms with Crippen LogP contribution in [0, 0.1) is 6.92 Å². The number of hydrogen-bond donors (Lipinski definition) is 1. The zero-order valence-electron chi connectivity index (χ0n) is 11.4. The van der Waals surface area contributed by atoms with E-state index in [2.05, 4.69) is 9.97 Å². The molecule has 0 aliphatic rings. The van der Waals surface area contributed by atoms with E-state index in [1.54, 1.807) is 23.9 Å². The third-order valence-corrected chi connectivity index (χ3v) is 4.01. The van der Waals surface area contributed by atoms with E-state index in [0.717, 1.165) is 16.2 Å². The maximum Gasteiger partial charge on any atom is 0.354 e. The summed E-state index contributed by atoms with van der Waals surface area (Å²) in [6, 6.07) is 7.39. The molecule has 0 saturated heterocycles. The van der Waals surface area contributed by atoms with Crippen LogP contribution in [0.15, 0.2) is 47.8 Å². The van der Waals surface area contributed by atoms with Crippen LogP contribution < -0.4 is 0 Å². The Labute approximate surface area is 125 Å². The van der Waals surface area contributed by atoms with Crippen molar-refractivity contribution in [2.24, 2.45) is 0 Å². The van der Waals surface area contributed by atoms with E-state index >= 15 is 0 Å². The Kier molecular flexibility index (Phi) is 3.62. The highest BCUT2D eigenvalue weighted by molar-refractivity contribution is 7.98. The number of aromatic carboxylic acids is 1. The smallest absolute Gasteiger partial charge is 0.354 e. The van der Waals surface area contributed by atoms with Gasteiger partial charge in [-0.2, -0.15) is 0 Å². The summed E-state index contributed by atoms with van der Waals surface area (Å²) in [4.78, 5) is 20.1. The van der Waals surface area contributed by atoms with E-state index in [4.69, 9.17) is 5.11 Å². The van der Waals surface area contributed by atoms with E-state index < -0.39 is 5.97 Å². The molecule has 0 amide bonds. The fourth-order valence-corrected chi connectivity index (χ4v) is 2.81. The van der Waals surface area contributed by atoms with Crippen LogP contribution >= 0.6 is 11.8 Å². The zero-order chi connectivity index (χ0) is 14.8. The first-order valence-corrected chi connectivity index (χ1v) is 7.37. The maximum absolute atomic E-state index is 10.9. The molecule has 0 unspecified atom stereocenters. The van der Waals surface area contributed by atoms with E-state index in [-0.39, 0.29) is 5.69 Å². The van der Waals surface area contributed by atoms with Crippen LogP contribution in [0.1, 0.15) is 21.7 Å². The molecule has 3 aromatic rings. The zero-order valence-corrected chi connectivity index (χ0v) is 12.2. The molecule has 3 aromatic heterocycles. The van der Waals surface area contributed by atoms with Gasteiger partial charge in [0.15, 0.2) is 0 Å². The van der Waals surface area contributed by atoms with Crippen molar-refractivity contribution < 1.29 is 9.90 Å². The summed E-state index contributed by atoms with van der Waals surface area (Å²) >= 11 is 1.55. The van der Waals surface area contributed by atoms with Crippen LogP contribution in [-0.4, -0.2) is 25.4 Å². The number of aromatic nitrogens is 3. The fourth-order valence-electron chi connectivity index (χ4n) is 2.00. The van der Waals surface area contributed by atoms with Gasteiger partial charge in [-0.1, -0.05) is 6.07 Å². The standard InChI is InChI=1S/C15H13N3O2S/c1-10-2-3-14-17-11(8-18(14)7-10)9-21-12-4-5-16-13(6-12)15(19)20/h2-8H,9H2,1H3,(H,19,20). The SMILES string of the molecule is Cc1ccc2nc(CSc3ccnc(C(=O)O)c3)cn2c1. The molecule has 21 heavy (non-hydrogen) atoms. The topological polar surface area (TPSA) is 67.5 Å². The molecular weight excluding hydrogens is 286 g/mol. The molecule has 0 saturated carbocycles. The van der Waals surface area contributed by atoms with Crippen LogP contribution in [0.5, 0.6) is 0 Å². The molecule has 3 heterocycles. The Morgan fingerprint density at radius 3 is 3.00 bits per heavy atom. The number of carbonyl (C=O) groups is 1. The Balaban J connectivity index is 1.77. The number of imidazole rings is 1. The molecule has 3 rings (SSSR count). The van der Waals surface area contributed by atoms with Gasteiger partial charge in [0.05, 0.1) is 5.69 Å². The molecule has 0 spiro atoms. The third-order valence-electron chi connectivity index (χ3n) is 2.99. The molecule has 6 heteroatoms. The van der Waals surface area contributed by atoms with Gasteiger partial charge in [-0.05, 0) is 30.7 Å². The van der Waals surface area contributed by atoms with Crippen LogP contribution in [-0.2, 0) is 5.75 Å². The average molecular weight is 299 g/mol. The van der Waals surface area contributed by atoms with E-state index in [1.165, 1.54) is 11.8 Å². The molecule has 106 valence electrons. The van der Waals surface area contributed by atoms with Crippen molar-refractivity contribution in [2.75, 3.05) is 0 Å². The number of rotatable bonds is 4. The Hall–Kier alpha value is -2.34. The average Bonchev–Trinajstić information content (AvgIpc) is 2.87. The molecule has 0 aliphatic heterocycles. The number of nitrogens with zero attached hydrogens (tertiary/aromatic N) is 3. The molecule has 0 radical (unpaired) electrons. The van der Waals surface area contributed by atoms with Gasteiger partial charge in [-0.15, -0.1) is 11.8 Å². The second-order valence-electron chi connectivity index (χ2n) is 4.67. The third kappa shape index (κ3) is 3.05.